The number of Topliss-reactive ketones (excluding diaryl/α,β-unsaturated/α-hetero) is 1. The quantitative estimate of drug-likeness (QED) is 0.834. The average molecular weight is 266 g/mol. The number of aromatic nitrogens is 1. The zero-order chi connectivity index (χ0) is 13.5. The molecule has 2 aliphatic heterocycles. The molecule has 2 atom stereocenters. The van der Waals surface area contributed by atoms with Crippen molar-refractivity contribution in [2.75, 3.05) is 4.90 Å². The zero-order valence-corrected chi connectivity index (χ0v) is 11.4. The smallest absolute Gasteiger partial charge is 0.137 e. The molecule has 102 valence electrons. The van der Waals surface area contributed by atoms with Crippen molar-refractivity contribution in [3.05, 3.63) is 48.8 Å². The van der Waals surface area contributed by atoms with E-state index in [1.54, 1.807) is 0 Å². The minimum Gasteiger partial charge on any atom is -0.365 e. The van der Waals surface area contributed by atoms with Gasteiger partial charge in [0, 0.05) is 48.7 Å². The number of rotatable bonds is 2. The molecule has 2 aliphatic rings. The highest BCUT2D eigenvalue weighted by atomic mass is 16.1. The van der Waals surface area contributed by atoms with Crippen LogP contribution in [0.5, 0.6) is 0 Å². The summed E-state index contributed by atoms with van der Waals surface area (Å²) in [6.07, 6.45) is 7.90. The second-order valence-electron chi connectivity index (χ2n) is 5.85. The molecule has 0 amide bonds. The summed E-state index contributed by atoms with van der Waals surface area (Å²) in [5, 5.41) is 0. The number of ketones is 1. The van der Waals surface area contributed by atoms with E-state index in [0.717, 1.165) is 25.7 Å². The van der Waals surface area contributed by atoms with E-state index in [9.17, 15) is 4.79 Å². The van der Waals surface area contributed by atoms with Gasteiger partial charge in [-0.25, -0.2) is 0 Å². The molecule has 0 spiro atoms. The van der Waals surface area contributed by atoms with Gasteiger partial charge in [0.25, 0.3) is 0 Å². The molecule has 2 unspecified atom stereocenters. The lowest BCUT2D eigenvalue weighted by Crippen LogP contribution is -2.43. The van der Waals surface area contributed by atoms with Crippen LogP contribution in [0.3, 0.4) is 0 Å². The van der Waals surface area contributed by atoms with Crippen LogP contribution in [0.15, 0.2) is 48.8 Å². The summed E-state index contributed by atoms with van der Waals surface area (Å²) in [6, 6.07) is 13.6. The Kier molecular flexibility index (Phi) is 2.66. The molecule has 1 aromatic heterocycles. The molecule has 3 heteroatoms. The number of piperidine rings is 1. The summed E-state index contributed by atoms with van der Waals surface area (Å²) in [7, 11) is 0. The van der Waals surface area contributed by atoms with Gasteiger partial charge in [-0.15, -0.1) is 0 Å². The van der Waals surface area contributed by atoms with Crippen molar-refractivity contribution < 1.29 is 4.79 Å². The van der Waals surface area contributed by atoms with Gasteiger partial charge >= 0.3 is 0 Å². The summed E-state index contributed by atoms with van der Waals surface area (Å²) in [6.45, 7) is 0. The first-order valence-electron chi connectivity index (χ1n) is 7.35. The summed E-state index contributed by atoms with van der Waals surface area (Å²) in [5.74, 6) is 0.442. The standard InChI is InChI=1S/C17H18N2O/c20-17-11-15-7-8-16(12-17)19(15)14-5-3-13(4-6-14)18-9-1-2-10-18/h1-6,9-10,15-16H,7-8,11-12H2. The highest BCUT2D eigenvalue weighted by molar-refractivity contribution is 5.83. The number of hydrogen-bond acceptors (Lipinski definition) is 2. The first-order valence-corrected chi connectivity index (χ1v) is 7.35. The Balaban J connectivity index is 1.62. The summed E-state index contributed by atoms with van der Waals surface area (Å²) in [4.78, 5) is 14.2. The van der Waals surface area contributed by atoms with E-state index in [4.69, 9.17) is 0 Å². The van der Waals surface area contributed by atoms with Gasteiger partial charge in [-0.2, -0.15) is 0 Å². The van der Waals surface area contributed by atoms with Crippen molar-refractivity contribution >= 4 is 11.5 Å². The molecule has 20 heavy (non-hydrogen) atoms. The number of carbonyl (C=O) groups excluding carboxylic acids is 1. The first-order chi connectivity index (χ1) is 9.81. The van der Waals surface area contributed by atoms with Crippen LogP contribution in [0.4, 0.5) is 5.69 Å². The third kappa shape index (κ3) is 1.85. The topological polar surface area (TPSA) is 25.2 Å². The Labute approximate surface area is 118 Å². The zero-order valence-electron chi connectivity index (χ0n) is 11.4. The Hall–Kier alpha value is -2.03. The van der Waals surface area contributed by atoms with E-state index < -0.39 is 0 Å². The van der Waals surface area contributed by atoms with Crippen LogP contribution in [0.2, 0.25) is 0 Å². The molecule has 0 radical (unpaired) electrons. The highest BCUT2D eigenvalue weighted by Gasteiger charge is 2.39. The second-order valence-corrected chi connectivity index (χ2v) is 5.85. The van der Waals surface area contributed by atoms with E-state index in [1.165, 1.54) is 11.4 Å². The summed E-state index contributed by atoms with van der Waals surface area (Å²) < 4.78 is 2.11. The molecular weight excluding hydrogens is 248 g/mol. The molecule has 0 saturated carbocycles. The molecular formula is C17H18N2O. The molecule has 0 N–H and O–H groups in total. The van der Waals surface area contributed by atoms with Gasteiger partial charge < -0.3 is 9.47 Å². The Morgan fingerprint density at radius 1 is 0.850 bits per heavy atom. The fraction of sp³-hybridized carbons (Fsp3) is 0.353. The lowest BCUT2D eigenvalue weighted by molar-refractivity contribution is -0.120. The van der Waals surface area contributed by atoms with Crippen molar-refractivity contribution in [1.82, 2.24) is 4.57 Å². The molecule has 2 aromatic rings. The number of nitrogens with zero attached hydrogens (tertiary/aromatic N) is 2. The maximum Gasteiger partial charge on any atom is 0.137 e. The molecule has 3 heterocycles. The van der Waals surface area contributed by atoms with E-state index in [0.29, 0.717) is 17.9 Å². The second kappa shape index (κ2) is 4.51. The Morgan fingerprint density at radius 2 is 1.40 bits per heavy atom. The predicted molar refractivity (Wildman–Crippen MR) is 79.3 cm³/mol. The number of carbonyl (C=O) groups is 1. The average Bonchev–Trinajstić information content (AvgIpc) is 3.07. The maximum absolute atomic E-state index is 11.7. The number of benzene rings is 1. The van der Waals surface area contributed by atoms with Crippen LogP contribution in [-0.4, -0.2) is 22.4 Å². The number of fused-ring (bicyclic) bond motifs is 2. The fourth-order valence-electron chi connectivity index (χ4n) is 3.70. The minimum atomic E-state index is 0.429. The third-order valence-electron chi connectivity index (χ3n) is 4.60. The van der Waals surface area contributed by atoms with Crippen molar-refractivity contribution in [2.24, 2.45) is 0 Å². The number of hydrogen-bond donors (Lipinski definition) is 0. The SMILES string of the molecule is O=C1CC2CCC(C1)N2c1ccc(-n2cccc2)cc1. The van der Waals surface area contributed by atoms with Crippen molar-refractivity contribution in [1.29, 1.82) is 0 Å². The van der Waals surface area contributed by atoms with Gasteiger partial charge in [0.05, 0.1) is 0 Å². The summed E-state index contributed by atoms with van der Waals surface area (Å²) in [5.41, 5.74) is 2.44. The molecule has 2 saturated heterocycles. The third-order valence-corrected chi connectivity index (χ3v) is 4.60. The highest BCUT2D eigenvalue weighted by Crippen LogP contribution is 2.38. The fourth-order valence-corrected chi connectivity index (χ4v) is 3.70. The lowest BCUT2D eigenvalue weighted by atomic mass is 10.0. The largest absolute Gasteiger partial charge is 0.365 e. The minimum absolute atomic E-state index is 0.429. The van der Waals surface area contributed by atoms with E-state index in [-0.39, 0.29) is 0 Å². The van der Waals surface area contributed by atoms with Crippen LogP contribution in [0.25, 0.3) is 5.69 Å². The molecule has 1 aromatic carbocycles. The van der Waals surface area contributed by atoms with Gasteiger partial charge in [-0.05, 0) is 49.2 Å². The van der Waals surface area contributed by atoms with E-state index in [1.807, 2.05) is 12.1 Å². The van der Waals surface area contributed by atoms with Crippen LogP contribution >= 0.6 is 0 Å². The van der Waals surface area contributed by atoms with Crippen LogP contribution in [0.1, 0.15) is 25.7 Å². The monoisotopic (exact) mass is 266 g/mol. The predicted octanol–water partition coefficient (Wildman–Crippen LogP) is 3.18. The number of anilines is 1. The van der Waals surface area contributed by atoms with Gasteiger partial charge in [-0.1, -0.05) is 0 Å². The molecule has 4 rings (SSSR count). The molecule has 2 bridgehead atoms. The van der Waals surface area contributed by atoms with Crippen molar-refractivity contribution in [3.63, 3.8) is 0 Å². The van der Waals surface area contributed by atoms with Crippen LogP contribution in [-0.2, 0) is 4.79 Å². The molecule has 3 nitrogen and oxygen atoms in total. The van der Waals surface area contributed by atoms with Gasteiger partial charge in [0.2, 0.25) is 0 Å². The van der Waals surface area contributed by atoms with Gasteiger partial charge in [0.1, 0.15) is 5.78 Å². The molecule has 2 fully saturated rings. The Morgan fingerprint density at radius 3 is 2.00 bits per heavy atom. The lowest BCUT2D eigenvalue weighted by Gasteiger charge is -2.36. The van der Waals surface area contributed by atoms with Gasteiger partial charge in [0.15, 0.2) is 0 Å². The van der Waals surface area contributed by atoms with Crippen molar-refractivity contribution in [2.45, 2.75) is 37.8 Å². The Bertz CT molecular complexity index is 599. The van der Waals surface area contributed by atoms with Crippen LogP contribution in [0, 0.1) is 0 Å². The maximum atomic E-state index is 11.7. The van der Waals surface area contributed by atoms with E-state index in [2.05, 4.69) is 46.1 Å². The molecule has 0 aliphatic carbocycles. The normalized spacial score (nSPS) is 25.2. The van der Waals surface area contributed by atoms with Gasteiger partial charge in [-0.3, -0.25) is 4.79 Å². The van der Waals surface area contributed by atoms with Crippen LogP contribution < -0.4 is 4.90 Å². The van der Waals surface area contributed by atoms with E-state index >= 15 is 0 Å². The first kappa shape index (κ1) is 11.8. The summed E-state index contributed by atoms with van der Waals surface area (Å²) >= 11 is 0. The van der Waals surface area contributed by atoms with Crippen molar-refractivity contribution in [3.8, 4) is 5.69 Å².